The van der Waals surface area contributed by atoms with E-state index in [0.717, 1.165) is 5.75 Å². The van der Waals surface area contributed by atoms with Gasteiger partial charge in [-0.25, -0.2) is 0 Å². The lowest BCUT2D eigenvalue weighted by Crippen LogP contribution is -2.37. The average molecular weight is 245 g/mol. The highest BCUT2D eigenvalue weighted by Crippen LogP contribution is 2.26. The molecule has 0 spiro atoms. The van der Waals surface area contributed by atoms with E-state index in [9.17, 15) is 8.78 Å². The van der Waals surface area contributed by atoms with E-state index in [1.165, 1.54) is 12.1 Å². The predicted octanol–water partition coefficient (Wildman–Crippen LogP) is 3.12. The fraction of sp³-hybridized carbons (Fsp3) is 0.500. The second-order valence-electron chi connectivity index (χ2n) is 3.81. The minimum atomic E-state index is -2.80. The molecule has 0 fully saturated rings. The molecule has 1 nitrogen and oxygen atoms in total. The van der Waals surface area contributed by atoms with Gasteiger partial charge >= 0.3 is 0 Å². The third kappa shape index (κ3) is 4.10. The quantitative estimate of drug-likeness (QED) is 0.826. The lowest BCUT2D eigenvalue weighted by Gasteiger charge is -2.20. The van der Waals surface area contributed by atoms with Crippen LogP contribution in [-0.4, -0.2) is 24.6 Å². The Morgan fingerprint density at radius 3 is 2.50 bits per heavy atom. The molecule has 1 aromatic rings. The van der Waals surface area contributed by atoms with Crippen molar-refractivity contribution in [3.05, 3.63) is 35.9 Å². The fourth-order valence-electron chi connectivity index (χ4n) is 1.40. The van der Waals surface area contributed by atoms with Crippen LogP contribution >= 0.6 is 11.8 Å². The highest BCUT2D eigenvalue weighted by Gasteiger charge is 2.31. The number of alkyl halides is 2. The summed E-state index contributed by atoms with van der Waals surface area (Å²) >= 11 is 1.65. The zero-order valence-corrected chi connectivity index (χ0v) is 10.4. The van der Waals surface area contributed by atoms with Crippen molar-refractivity contribution in [2.75, 3.05) is 18.6 Å². The average Bonchev–Trinajstić information content (AvgIpc) is 2.28. The van der Waals surface area contributed by atoms with Crippen LogP contribution in [0.3, 0.4) is 0 Å². The molecule has 0 aliphatic heterocycles. The van der Waals surface area contributed by atoms with Gasteiger partial charge in [0.1, 0.15) is 0 Å². The van der Waals surface area contributed by atoms with Crippen molar-refractivity contribution in [1.82, 2.24) is 5.32 Å². The molecular weight excluding hydrogens is 228 g/mol. The standard InChI is InChI=1S/C12H17F2NS/c1-10(8-16-2)15-9-12(13,14)11-6-4-3-5-7-11/h3-7,10,15H,8-9H2,1-2H3. The molecule has 0 aromatic heterocycles. The molecule has 0 amide bonds. The van der Waals surface area contributed by atoms with E-state index in [-0.39, 0.29) is 18.2 Å². The molecule has 0 saturated heterocycles. The van der Waals surface area contributed by atoms with Crippen LogP contribution in [0, 0.1) is 0 Å². The minimum absolute atomic E-state index is 0.0684. The van der Waals surface area contributed by atoms with Gasteiger partial charge in [0, 0.05) is 17.4 Å². The third-order valence-electron chi connectivity index (χ3n) is 2.29. The largest absolute Gasteiger partial charge is 0.308 e. The normalized spacial score (nSPS) is 13.8. The van der Waals surface area contributed by atoms with Crippen LogP contribution in [0.5, 0.6) is 0 Å². The first kappa shape index (κ1) is 13.5. The van der Waals surface area contributed by atoms with Crippen LogP contribution in [0.1, 0.15) is 12.5 Å². The van der Waals surface area contributed by atoms with E-state index < -0.39 is 5.92 Å². The summed E-state index contributed by atoms with van der Waals surface area (Å²) < 4.78 is 27.4. The number of thioether (sulfide) groups is 1. The van der Waals surface area contributed by atoms with E-state index in [1.807, 2.05) is 13.2 Å². The van der Waals surface area contributed by atoms with Crippen molar-refractivity contribution < 1.29 is 8.78 Å². The van der Waals surface area contributed by atoms with Gasteiger partial charge in [-0.05, 0) is 13.2 Å². The van der Waals surface area contributed by atoms with Gasteiger partial charge in [0.25, 0.3) is 5.92 Å². The zero-order chi connectivity index (χ0) is 12.0. The molecule has 1 rings (SSSR count). The van der Waals surface area contributed by atoms with E-state index >= 15 is 0 Å². The van der Waals surface area contributed by atoms with Gasteiger partial charge in [0.2, 0.25) is 0 Å². The van der Waals surface area contributed by atoms with Crippen molar-refractivity contribution >= 4 is 11.8 Å². The Kier molecular flexibility index (Phi) is 5.22. The Balaban J connectivity index is 2.52. The summed E-state index contributed by atoms with van der Waals surface area (Å²) in [5.74, 6) is -1.96. The molecule has 0 saturated carbocycles. The molecule has 90 valence electrons. The Morgan fingerprint density at radius 2 is 1.94 bits per heavy atom. The molecule has 4 heteroatoms. The Bertz CT molecular complexity index is 303. The Hall–Kier alpha value is -0.610. The SMILES string of the molecule is CSCC(C)NCC(F)(F)c1ccccc1. The number of hydrogen-bond donors (Lipinski definition) is 1. The summed E-state index contributed by atoms with van der Waals surface area (Å²) in [6.07, 6.45) is 1.97. The molecule has 1 unspecified atom stereocenters. The van der Waals surface area contributed by atoms with Crippen LogP contribution in [0.15, 0.2) is 30.3 Å². The number of halogens is 2. The van der Waals surface area contributed by atoms with Crippen LogP contribution in [0.25, 0.3) is 0 Å². The monoisotopic (exact) mass is 245 g/mol. The molecule has 1 aromatic carbocycles. The lowest BCUT2D eigenvalue weighted by molar-refractivity contribution is -0.00471. The summed E-state index contributed by atoms with van der Waals surface area (Å²) in [5, 5.41) is 2.85. The summed E-state index contributed by atoms with van der Waals surface area (Å²) in [7, 11) is 0. The van der Waals surface area contributed by atoms with Crippen LogP contribution in [0.2, 0.25) is 0 Å². The maximum atomic E-state index is 13.7. The molecule has 16 heavy (non-hydrogen) atoms. The summed E-state index contributed by atoms with van der Waals surface area (Å²) in [5.41, 5.74) is 0.0684. The molecule has 0 heterocycles. The highest BCUT2D eigenvalue weighted by atomic mass is 32.2. The van der Waals surface area contributed by atoms with Crippen molar-refractivity contribution in [1.29, 1.82) is 0 Å². The molecule has 0 bridgehead atoms. The second-order valence-corrected chi connectivity index (χ2v) is 4.72. The summed E-state index contributed by atoms with van der Waals surface area (Å²) in [6, 6.07) is 8.03. The first-order valence-corrected chi connectivity index (χ1v) is 6.61. The van der Waals surface area contributed by atoms with Crippen LogP contribution in [-0.2, 0) is 5.92 Å². The minimum Gasteiger partial charge on any atom is -0.308 e. The van der Waals surface area contributed by atoms with Gasteiger partial charge in [-0.2, -0.15) is 20.5 Å². The van der Waals surface area contributed by atoms with Crippen molar-refractivity contribution in [2.24, 2.45) is 0 Å². The summed E-state index contributed by atoms with van der Waals surface area (Å²) in [4.78, 5) is 0. The van der Waals surface area contributed by atoms with Gasteiger partial charge < -0.3 is 5.32 Å². The Morgan fingerprint density at radius 1 is 1.31 bits per heavy atom. The Labute approximate surface area is 99.6 Å². The number of benzene rings is 1. The van der Waals surface area contributed by atoms with Gasteiger partial charge in [0.05, 0.1) is 6.54 Å². The molecule has 0 aliphatic carbocycles. The van der Waals surface area contributed by atoms with Crippen molar-refractivity contribution in [3.8, 4) is 0 Å². The van der Waals surface area contributed by atoms with E-state index in [4.69, 9.17) is 0 Å². The maximum absolute atomic E-state index is 13.7. The first-order valence-electron chi connectivity index (χ1n) is 5.22. The molecule has 1 atom stereocenters. The predicted molar refractivity (Wildman–Crippen MR) is 66.2 cm³/mol. The molecule has 0 aliphatic rings. The van der Waals surface area contributed by atoms with Gasteiger partial charge in [-0.1, -0.05) is 30.3 Å². The topological polar surface area (TPSA) is 12.0 Å². The summed E-state index contributed by atoms with van der Waals surface area (Å²) in [6.45, 7) is 1.61. The molecular formula is C12H17F2NS. The molecule has 0 radical (unpaired) electrons. The lowest BCUT2D eigenvalue weighted by atomic mass is 10.1. The van der Waals surface area contributed by atoms with Crippen LogP contribution in [0.4, 0.5) is 8.78 Å². The van der Waals surface area contributed by atoms with Crippen LogP contribution < -0.4 is 5.32 Å². The van der Waals surface area contributed by atoms with Gasteiger partial charge in [-0.3, -0.25) is 0 Å². The highest BCUT2D eigenvalue weighted by molar-refractivity contribution is 7.98. The number of nitrogens with one attached hydrogen (secondary N) is 1. The zero-order valence-electron chi connectivity index (χ0n) is 9.54. The number of hydrogen-bond acceptors (Lipinski definition) is 2. The van der Waals surface area contributed by atoms with E-state index in [2.05, 4.69) is 5.32 Å². The first-order chi connectivity index (χ1) is 7.56. The van der Waals surface area contributed by atoms with Crippen molar-refractivity contribution in [2.45, 2.75) is 18.9 Å². The fourth-order valence-corrected chi connectivity index (χ4v) is 2.01. The van der Waals surface area contributed by atoms with E-state index in [0.29, 0.717) is 0 Å². The number of rotatable bonds is 6. The molecule has 1 N–H and O–H groups in total. The third-order valence-corrected chi connectivity index (χ3v) is 3.12. The van der Waals surface area contributed by atoms with Gasteiger partial charge in [-0.15, -0.1) is 0 Å². The smallest absolute Gasteiger partial charge is 0.285 e. The van der Waals surface area contributed by atoms with E-state index in [1.54, 1.807) is 30.0 Å². The maximum Gasteiger partial charge on any atom is 0.285 e. The van der Waals surface area contributed by atoms with Gasteiger partial charge in [0.15, 0.2) is 0 Å². The second kappa shape index (κ2) is 6.21. The van der Waals surface area contributed by atoms with Crippen molar-refractivity contribution in [3.63, 3.8) is 0 Å².